The standard InChI is InChI=1S/C15H33O4P/c1-5-9-10-13-18-20(16,17)19-15(12-7-3)14(8-4)11-6-2/h14-15H,5-13H2,1-4H3,(H,16,17). The zero-order valence-electron chi connectivity index (χ0n) is 13.6. The molecular formula is C15H33O4P. The van der Waals surface area contributed by atoms with Crippen molar-refractivity contribution in [2.45, 2.75) is 85.2 Å². The monoisotopic (exact) mass is 308 g/mol. The van der Waals surface area contributed by atoms with Crippen LogP contribution < -0.4 is 0 Å². The number of unbranched alkanes of at least 4 members (excludes halogenated alkanes) is 2. The van der Waals surface area contributed by atoms with E-state index in [-0.39, 0.29) is 6.10 Å². The lowest BCUT2D eigenvalue weighted by Gasteiger charge is -2.27. The van der Waals surface area contributed by atoms with E-state index in [1.54, 1.807) is 0 Å². The van der Waals surface area contributed by atoms with Gasteiger partial charge in [0.25, 0.3) is 0 Å². The molecule has 0 saturated carbocycles. The van der Waals surface area contributed by atoms with Crippen LogP contribution in [0.15, 0.2) is 0 Å². The van der Waals surface area contributed by atoms with Gasteiger partial charge in [-0.2, -0.15) is 0 Å². The molecule has 0 saturated heterocycles. The average Bonchev–Trinajstić information content (AvgIpc) is 2.40. The highest BCUT2D eigenvalue weighted by molar-refractivity contribution is 7.47. The van der Waals surface area contributed by atoms with Crippen LogP contribution in [0.25, 0.3) is 0 Å². The fourth-order valence-corrected chi connectivity index (χ4v) is 3.46. The van der Waals surface area contributed by atoms with Crippen LogP contribution in [0, 0.1) is 5.92 Å². The molecule has 5 heteroatoms. The Morgan fingerprint density at radius 1 is 1.00 bits per heavy atom. The van der Waals surface area contributed by atoms with Gasteiger partial charge in [-0.25, -0.2) is 4.57 Å². The molecule has 0 aliphatic carbocycles. The summed E-state index contributed by atoms with van der Waals surface area (Å²) in [7, 11) is -3.91. The summed E-state index contributed by atoms with van der Waals surface area (Å²) >= 11 is 0. The minimum atomic E-state index is -3.91. The first-order valence-electron chi connectivity index (χ1n) is 8.16. The van der Waals surface area contributed by atoms with Crippen LogP contribution in [0.1, 0.15) is 79.1 Å². The van der Waals surface area contributed by atoms with Gasteiger partial charge in [0.15, 0.2) is 0 Å². The third kappa shape index (κ3) is 9.12. The van der Waals surface area contributed by atoms with E-state index in [9.17, 15) is 9.46 Å². The van der Waals surface area contributed by atoms with E-state index in [1.807, 2.05) is 0 Å². The molecule has 0 heterocycles. The first kappa shape index (κ1) is 20.1. The van der Waals surface area contributed by atoms with Crippen LogP contribution in [0.2, 0.25) is 0 Å². The van der Waals surface area contributed by atoms with Crippen molar-refractivity contribution in [1.29, 1.82) is 0 Å². The van der Waals surface area contributed by atoms with Crippen molar-refractivity contribution in [3.8, 4) is 0 Å². The summed E-state index contributed by atoms with van der Waals surface area (Å²) in [5.41, 5.74) is 0. The minimum absolute atomic E-state index is 0.174. The lowest BCUT2D eigenvalue weighted by molar-refractivity contribution is 0.0582. The molecule has 0 rings (SSSR count). The van der Waals surface area contributed by atoms with Crippen molar-refractivity contribution in [2.75, 3.05) is 6.61 Å². The quantitative estimate of drug-likeness (QED) is 0.370. The summed E-state index contributed by atoms with van der Waals surface area (Å²) in [5.74, 6) is 0.333. The molecule has 0 aromatic rings. The Balaban J connectivity index is 4.42. The number of phosphoric ester groups is 1. The molecule has 0 amide bonds. The summed E-state index contributed by atoms with van der Waals surface area (Å²) < 4.78 is 22.5. The molecule has 0 aromatic heterocycles. The maximum Gasteiger partial charge on any atom is 0.472 e. The first-order valence-corrected chi connectivity index (χ1v) is 9.65. The molecule has 0 aromatic carbocycles. The highest BCUT2D eigenvalue weighted by atomic mass is 31.2. The van der Waals surface area contributed by atoms with Gasteiger partial charge in [-0.3, -0.25) is 9.05 Å². The molecule has 0 aliphatic heterocycles. The van der Waals surface area contributed by atoms with Crippen LogP contribution in [0.5, 0.6) is 0 Å². The SMILES string of the molecule is CCCCCOP(=O)(O)OC(CCC)C(CC)CCC. The van der Waals surface area contributed by atoms with Crippen LogP contribution >= 0.6 is 7.82 Å². The number of hydrogen-bond donors (Lipinski definition) is 1. The second-order valence-corrected chi connectivity index (χ2v) is 6.80. The molecule has 3 atom stereocenters. The summed E-state index contributed by atoms with van der Waals surface area (Å²) in [6, 6.07) is 0. The fraction of sp³-hybridized carbons (Fsp3) is 1.00. The lowest BCUT2D eigenvalue weighted by Crippen LogP contribution is -2.23. The number of rotatable bonds is 13. The van der Waals surface area contributed by atoms with Crippen molar-refractivity contribution in [3.63, 3.8) is 0 Å². The van der Waals surface area contributed by atoms with Gasteiger partial charge in [-0.1, -0.05) is 59.8 Å². The molecule has 1 N–H and O–H groups in total. The summed E-state index contributed by atoms with van der Waals surface area (Å²) in [6.07, 6.45) is 7.50. The molecule has 3 unspecified atom stereocenters. The maximum absolute atomic E-state index is 12.0. The van der Waals surface area contributed by atoms with Crippen LogP contribution in [-0.4, -0.2) is 17.6 Å². The van der Waals surface area contributed by atoms with Gasteiger partial charge in [0.2, 0.25) is 0 Å². The molecule has 0 bridgehead atoms. The number of hydrogen-bond acceptors (Lipinski definition) is 3. The van der Waals surface area contributed by atoms with Gasteiger partial charge >= 0.3 is 7.82 Å². The van der Waals surface area contributed by atoms with E-state index >= 15 is 0 Å². The molecule has 0 radical (unpaired) electrons. The molecule has 20 heavy (non-hydrogen) atoms. The molecule has 4 nitrogen and oxygen atoms in total. The van der Waals surface area contributed by atoms with E-state index in [1.165, 1.54) is 0 Å². The minimum Gasteiger partial charge on any atom is -0.302 e. The zero-order valence-corrected chi connectivity index (χ0v) is 14.5. The second-order valence-electron chi connectivity index (χ2n) is 5.40. The number of phosphoric acid groups is 1. The van der Waals surface area contributed by atoms with E-state index in [4.69, 9.17) is 9.05 Å². The average molecular weight is 308 g/mol. The van der Waals surface area contributed by atoms with Gasteiger partial charge in [0, 0.05) is 0 Å². The van der Waals surface area contributed by atoms with Crippen molar-refractivity contribution in [1.82, 2.24) is 0 Å². The first-order chi connectivity index (χ1) is 9.50. The van der Waals surface area contributed by atoms with Gasteiger partial charge in [0.1, 0.15) is 0 Å². The Kier molecular flexibility index (Phi) is 11.8. The van der Waals surface area contributed by atoms with Crippen molar-refractivity contribution in [3.05, 3.63) is 0 Å². The van der Waals surface area contributed by atoms with Crippen LogP contribution in [-0.2, 0) is 13.6 Å². The van der Waals surface area contributed by atoms with Crippen molar-refractivity contribution < 1.29 is 18.5 Å². The molecule has 0 aliphatic rings. The topological polar surface area (TPSA) is 55.8 Å². The maximum atomic E-state index is 12.0. The summed E-state index contributed by atoms with van der Waals surface area (Å²) in [6.45, 7) is 8.69. The smallest absolute Gasteiger partial charge is 0.302 e. The van der Waals surface area contributed by atoms with Crippen molar-refractivity contribution in [2.24, 2.45) is 5.92 Å². The van der Waals surface area contributed by atoms with Crippen LogP contribution in [0.4, 0.5) is 0 Å². The zero-order chi connectivity index (χ0) is 15.4. The molecule has 0 fully saturated rings. The van der Waals surface area contributed by atoms with E-state index < -0.39 is 7.82 Å². The summed E-state index contributed by atoms with van der Waals surface area (Å²) in [4.78, 5) is 9.83. The third-order valence-corrected chi connectivity index (χ3v) is 4.60. The van der Waals surface area contributed by atoms with Crippen LogP contribution in [0.3, 0.4) is 0 Å². The highest BCUT2D eigenvalue weighted by Crippen LogP contribution is 2.47. The van der Waals surface area contributed by atoms with Crippen molar-refractivity contribution >= 4 is 7.82 Å². The fourth-order valence-electron chi connectivity index (χ4n) is 2.42. The normalized spacial score (nSPS) is 17.6. The molecule has 122 valence electrons. The Labute approximate surface area is 124 Å². The molecular weight excluding hydrogens is 275 g/mol. The van der Waals surface area contributed by atoms with Gasteiger partial charge in [0.05, 0.1) is 12.7 Å². The Bertz CT molecular complexity index is 271. The third-order valence-electron chi connectivity index (χ3n) is 3.55. The van der Waals surface area contributed by atoms with E-state index in [2.05, 4.69) is 27.7 Å². The van der Waals surface area contributed by atoms with Gasteiger partial charge in [-0.05, 0) is 25.2 Å². The Morgan fingerprint density at radius 2 is 1.65 bits per heavy atom. The van der Waals surface area contributed by atoms with Gasteiger partial charge in [-0.15, -0.1) is 0 Å². The lowest BCUT2D eigenvalue weighted by atomic mass is 9.92. The Morgan fingerprint density at radius 3 is 2.15 bits per heavy atom. The largest absolute Gasteiger partial charge is 0.472 e. The van der Waals surface area contributed by atoms with Gasteiger partial charge < -0.3 is 4.89 Å². The van der Waals surface area contributed by atoms with E-state index in [0.717, 1.165) is 51.4 Å². The predicted molar refractivity (Wildman–Crippen MR) is 83.8 cm³/mol. The highest BCUT2D eigenvalue weighted by Gasteiger charge is 2.30. The van der Waals surface area contributed by atoms with E-state index in [0.29, 0.717) is 12.5 Å². The summed E-state index contributed by atoms with van der Waals surface area (Å²) in [5, 5.41) is 0. The second kappa shape index (κ2) is 11.7. The molecule has 0 spiro atoms. The predicted octanol–water partition coefficient (Wildman–Crippen LogP) is 5.31. The Hall–Kier alpha value is 0.110.